The second kappa shape index (κ2) is 8.97. The monoisotopic (exact) mass is 294 g/mol. The Morgan fingerprint density at radius 1 is 0.952 bits per heavy atom. The molecule has 5 heteroatoms. The molecule has 1 radical (unpaired) electrons. The van der Waals surface area contributed by atoms with Gasteiger partial charge < -0.3 is 10.2 Å². The minimum atomic E-state index is -0.953. The maximum atomic E-state index is 10.8. The van der Waals surface area contributed by atoms with Crippen LogP contribution in [-0.2, 0) is 4.79 Å². The Kier molecular flexibility index (Phi) is 7.64. The number of hydrogen-bond acceptors (Lipinski definition) is 3. The van der Waals surface area contributed by atoms with E-state index in [1.807, 2.05) is 60.7 Å². The molecule has 105 valence electrons. The molecule has 0 fully saturated rings. The van der Waals surface area contributed by atoms with E-state index >= 15 is 0 Å². The molecule has 0 saturated carbocycles. The number of benzene rings is 2. The zero-order valence-corrected chi connectivity index (χ0v) is 13.9. The van der Waals surface area contributed by atoms with Gasteiger partial charge in [-0.15, -0.1) is 0 Å². The van der Waals surface area contributed by atoms with Crippen LogP contribution in [0, 0.1) is 0 Å². The quantitative estimate of drug-likeness (QED) is 0.710. The standard InChI is InChI=1S/C16H17NO3.Na/c18-14(19)11-17-15(12-7-3-1-4-8-12)16(20)13-9-5-2-6-10-13;/h1-10,15-17,20H,11H2,(H,18,19);/t15-,16+;/m1./s1. The van der Waals surface area contributed by atoms with Crippen molar-refractivity contribution in [3.63, 3.8) is 0 Å². The van der Waals surface area contributed by atoms with Gasteiger partial charge in [-0.3, -0.25) is 10.1 Å². The van der Waals surface area contributed by atoms with E-state index in [4.69, 9.17) is 5.11 Å². The van der Waals surface area contributed by atoms with Crippen LogP contribution < -0.4 is 5.32 Å². The van der Waals surface area contributed by atoms with Crippen molar-refractivity contribution in [3.05, 3.63) is 71.8 Å². The van der Waals surface area contributed by atoms with Gasteiger partial charge >= 0.3 is 5.97 Å². The zero-order valence-electron chi connectivity index (χ0n) is 11.9. The molecule has 4 nitrogen and oxygen atoms in total. The smallest absolute Gasteiger partial charge is 0.317 e. The summed E-state index contributed by atoms with van der Waals surface area (Å²) >= 11 is 0. The Balaban J connectivity index is 0.00000220. The zero-order chi connectivity index (χ0) is 14.4. The molecule has 21 heavy (non-hydrogen) atoms. The fourth-order valence-electron chi connectivity index (χ4n) is 2.11. The third-order valence-corrected chi connectivity index (χ3v) is 3.09. The topological polar surface area (TPSA) is 69.6 Å². The van der Waals surface area contributed by atoms with Gasteiger partial charge in [0.2, 0.25) is 0 Å². The average Bonchev–Trinajstić information content (AvgIpc) is 2.49. The van der Waals surface area contributed by atoms with E-state index in [0.717, 1.165) is 11.1 Å². The first-order chi connectivity index (χ1) is 9.68. The number of carboxylic acid groups (broad SMARTS) is 1. The number of aliphatic hydroxyl groups is 1. The number of carboxylic acids is 1. The molecule has 0 aliphatic rings. The van der Waals surface area contributed by atoms with Crippen LogP contribution in [0.5, 0.6) is 0 Å². The van der Waals surface area contributed by atoms with Crippen molar-refractivity contribution in [3.8, 4) is 0 Å². The van der Waals surface area contributed by atoms with Crippen LogP contribution in [0.15, 0.2) is 60.7 Å². The molecule has 0 aliphatic carbocycles. The summed E-state index contributed by atoms with van der Waals surface area (Å²) < 4.78 is 0. The van der Waals surface area contributed by atoms with Gasteiger partial charge in [0.25, 0.3) is 0 Å². The molecule has 0 aliphatic heterocycles. The Labute approximate surface area is 146 Å². The van der Waals surface area contributed by atoms with E-state index in [0.29, 0.717) is 0 Å². The molecule has 0 spiro atoms. The average molecular weight is 294 g/mol. The van der Waals surface area contributed by atoms with E-state index in [9.17, 15) is 9.90 Å². The van der Waals surface area contributed by atoms with Crippen LogP contribution in [0.1, 0.15) is 23.3 Å². The summed E-state index contributed by atoms with van der Waals surface area (Å²) in [5.41, 5.74) is 1.60. The summed E-state index contributed by atoms with van der Waals surface area (Å²) in [6, 6.07) is 18.1. The molecule has 0 bridgehead atoms. The fraction of sp³-hybridized carbons (Fsp3) is 0.188. The third-order valence-electron chi connectivity index (χ3n) is 3.09. The molecule has 0 amide bonds. The van der Waals surface area contributed by atoms with Gasteiger partial charge in [0.1, 0.15) is 0 Å². The molecule has 0 heterocycles. The second-order valence-corrected chi connectivity index (χ2v) is 4.52. The number of aliphatic carboxylic acids is 1. The Bertz CT molecular complexity index is 548. The first kappa shape index (κ1) is 17.9. The van der Waals surface area contributed by atoms with Crippen molar-refractivity contribution in [2.75, 3.05) is 6.54 Å². The molecule has 2 aromatic carbocycles. The predicted octanol–water partition coefficient (Wildman–Crippen LogP) is 1.75. The minimum absolute atomic E-state index is 0. The molecule has 2 atom stereocenters. The summed E-state index contributed by atoms with van der Waals surface area (Å²) in [6.45, 7) is -0.205. The van der Waals surface area contributed by atoms with E-state index in [2.05, 4.69) is 5.32 Å². The van der Waals surface area contributed by atoms with Crippen LogP contribution in [0.2, 0.25) is 0 Å². The van der Waals surface area contributed by atoms with Gasteiger partial charge in [0.15, 0.2) is 0 Å². The van der Waals surface area contributed by atoms with E-state index in [1.54, 1.807) is 0 Å². The summed E-state index contributed by atoms with van der Waals surface area (Å²) in [6.07, 6.45) is -0.807. The molecule has 0 saturated heterocycles. The normalized spacial score (nSPS) is 13.0. The van der Waals surface area contributed by atoms with Crippen LogP contribution >= 0.6 is 0 Å². The summed E-state index contributed by atoms with van der Waals surface area (Å²) in [5, 5.41) is 22.2. The van der Waals surface area contributed by atoms with Crippen LogP contribution in [0.4, 0.5) is 0 Å². The number of hydrogen-bond donors (Lipinski definition) is 3. The van der Waals surface area contributed by atoms with Crippen LogP contribution in [0.3, 0.4) is 0 Å². The Hall–Kier alpha value is -1.17. The van der Waals surface area contributed by atoms with E-state index in [-0.39, 0.29) is 36.1 Å². The number of rotatable bonds is 6. The number of nitrogens with one attached hydrogen (secondary N) is 1. The maximum Gasteiger partial charge on any atom is 0.317 e. The SMILES string of the molecule is O=C(O)CN[C@H](c1ccccc1)[C@@H](O)c1ccccc1.[Na]. The molecule has 3 N–H and O–H groups in total. The third kappa shape index (κ3) is 5.26. The maximum absolute atomic E-state index is 10.8. The summed E-state index contributed by atoms with van der Waals surface area (Å²) in [5.74, 6) is -0.953. The van der Waals surface area contributed by atoms with Crippen molar-refractivity contribution in [1.29, 1.82) is 0 Å². The van der Waals surface area contributed by atoms with Crippen molar-refractivity contribution < 1.29 is 15.0 Å². The second-order valence-electron chi connectivity index (χ2n) is 4.52. The van der Waals surface area contributed by atoms with Crippen LogP contribution in [0.25, 0.3) is 0 Å². The van der Waals surface area contributed by atoms with Gasteiger partial charge in [-0.05, 0) is 11.1 Å². The molecular formula is C16H17NNaO3. The molecule has 0 unspecified atom stereocenters. The van der Waals surface area contributed by atoms with Gasteiger partial charge in [-0.25, -0.2) is 0 Å². The van der Waals surface area contributed by atoms with E-state index in [1.165, 1.54) is 0 Å². The predicted molar refractivity (Wildman–Crippen MR) is 82.0 cm³/mol. The first-order valence-electron chi connectivity index (χ1n) is 6.41. The van der Waals surface area contributed by atoms with Gasteiger partial charge in [-0.2, -0.15) is 0 Å². The van der Waals surface area contributed by atoms with Crippen molar-refractivity contribution in [2.45, 2.75) is 12.1 Å². The van der Waals surface area contributed by atoms with Crippen molar-refractivity contribution >= 4 is 35.5 Å². The van der Waals surface area contributed by atoms with Gasteiger partial charge in [-0.1, -0.05) is 60.7 Å². The molecule has 2 rings (SSSR count). The Morgan fingerprint density at radius 2 is 1.43 bits per heavy atom. The van der Waals surface area contributed by atoms with E-state index < -0.39 is 18.1 Å². The number of aliphatic hydroxyl groups excluding tert-OH is 1. The summed E-state index contributed by atoms with van der Waals surface area (Å²) in [4.78, 5) is 10.8. The van der Waals surface area contributed by atoms with Crippen molar-refractivity contribution in [2.24, 2.45) is 0 Å². The largest absolute Gasteiger partial charge is 0.480 e. The summed E-state index contributed by atoms with van der Waals surface area (Å²) in [7, 11) is 0. The molecule has 2 aromatic rings. The van der Waals surface area contributed by atoms with Crippen LogP contribution in [-0.4, -0.2) is 52.3 Å². The number of carbonyl (C=O) groups is 1. The van der Waals surface area contributed by atoms with Crippen molar-refractivity contribution in [1.82, 2.24) is 5.32 Å². The van der Waals surface area contributed by atoms with Gasteiger partial charge in [0.05, 0.1) is 18.7 Å². The molecule has 0 aromatic heterocycles. The van der Waals surface area contributed by atoms with Gasteiger partial charge in [0, 0.05) is 29.6 Å². The fourth-order valence-corrected chi connectivity index (χ4v) is 2.11. The first-order valence-corrected chi connectivity index (χ1v) is 6.41. The molecular weight excluding hydrogens is 277 g/mol. The minimum Gasteiger partial charge on any atom is -0.480 e. The Morgan fingerprint density at radius 3 is 1.90 bits per heavy atom.